The Morgan fingerprint density at radius 1 is 0.931 bits per heavy atom. The van der Waals surface area contributed by atoms with E-state index in [9.17, 15) is 18.0 Å². The molecule has 3 N–H and O–H groups in total. The number of aryl methyl sites for hydroxylation is 1. The van der Waals surface area contributed by atoms with Crippen molar-refractivity contribution in [1.29, 1.82) is 0 Å². The third-order valence-corrected chi connectivity index (χ3v) is 5.52. The molecule has 0 radical (unpaired) electrons. The molecule has 156 valence electrons. The second kappa shape index (κ2) is 8.75. The molecular formula is C21H27N3O4S. The van der Waals surface area contributed by atoms with E-state index in [0.29, 0.717) is 11.3 Å². The van der Waals surface area contributed by atoms with Crippen molar-refractivity contribution in [3.05, 3.63) is 59.7 Å². The third-order valence-electron chi connectivity index (χ3n) is 3.96. The molecule has 0 saturated heterocycles. The van der Waals surface area contributed by atoms with E-state index in [0.717, 1.165) is 5.56 Å². The lowest BCUT2D eigenvalue weighted by Gasteiger charge is -2.20. The van der Waals surface area contributed by atoms with Crippen LogP contribution in [-0.4, -0.2) is 31.8 Å². The van der Waals surface area contributed by atoms with E-state index in [1.165, 1.54) is 19.1 Å². The number of carbonyl (C=O) groups is 2. The summed E-state index contributed by atoms with van der Waals surface area (Å²) < 4.78 is 27.2. The Morgan fingerprint density at radius 3 is 2.00 bits per heavy atom. The Kier molecular flexibility index (Phi) is 6.81. The summed E-state index contributed by atoms with van der Waals surface area (Å²) in [5.74, 6) is -0.720. The van der Waals surface area contributed by atoms with Gasteiger partial charge in [-0.25, -0.2) is 8.42 Å². The predicted octanol–water partition coefficient (Wildman–Crippen LogP) is 2.83. The van der Waals surface area contributed by atoms with Gasteiger partial charge in [-0.1, -0.05) is 17.7 Å². The van der Waals surface area contributed by atoms with Gasteiger partial charge < -0.3 is 10.6 Å². The molecule has 0 fully saturated rings. The van der Waals surface area contributed by atoms with Crippen LogP contribution in [0, 0.1) is 6.92 Å². The number of carbonyl (C=O) groups excluding carboxylic acids is 2. The van der Waals surface area contributed by atoms with E-state index in [1.807, 2.05) is 27.7 Å². The van der Waals surface area contributed by atoms with Gasteiger partial charge in [-0.05, 0) is 71.0 Å². The minimum absolute atomic E-state index is 0.0944. The van der Waals surface area contributed by atoms with Gasteiger partial charge in [-0.2, -0.15) is 4.72 Å². The molecule has 0 aliphatic heterocycles. The van der Waals surface area contributed by atoms with Crippen LogP contribution in [0.2, 0.25) is 0 Å². The normalized spacial score (nSPS) is 12.9. The SMILES string of the molecule is Cc1ccc(S(=O)(=O)N[C@@H](C)C(=O)Nc2ccc(C(=O)NC(C)(C)C)cc2)cc1. The van der Waals surface area contributed by atoms with Gasteiger partial charge in [-0.3, -0.25) is 9.59 Å². The summed E-state index contributed by atoms with van der Waals surface area (Å²) in [5.41, 5.74) is 1.51. The average molecular weight is 418 g/mol. The van der Waals surface area contributed by atoms with Crippen molar-refractivity contribution < 1.29 is 18.0 Å². The summed E-state index contributed by atoms with van der Waals surface area (Å²) in [7, 11) is -3.81. The zero-order valence-corrected chi connectivity index (χ0v) is 18.1. The van der Waals surface area contributed by atoms with Gasteiger partial charge in [0.1, 0.15) is 0 Å². The Hall–Kier alpha value is -2.71. The lowest BCUT2D eigenvalue weighted by atomic mass is 10.1. The summed E-state index contributed by atoms with van der Waals surface area (Å²) in [4.78, 5) is 24.6. The molecular weight excluding hydrogens is 390 g/mol. The molecule has 2 aromatic carbocycles. The quantitative estimate of drug-likeness (QED) is 0.672. The summed E-state index contributed by atoms with van der Waals surface area (Å²) >= 11 is 0. The monoisotopic (exact) mass is 417 g/mol. The molecule has 0 aliphatic rings. The van der Waals surface area contributed by atoms with E-state index in [2.05, 4.69) is 15.4 Å². The highest BCUT2D eigenvalue weighted by molar-refractivity contribution is 7.89. The average Bonchev–Trinajstić information content (AvgIpc) is 2.60. The molecule has 29 heavy (non-hydrogen) atoms. The Bertz CT molecular complexity index is 976. The maximum atomic E-state index is 12.4. The molecule has 0 unspecified atom stereocenters. The first-order valence-electron chi connectivity index (χ1n) is 9.20. The van der Waals surface area contributed by atoms with E-state index < -0.39 is 22.0 Å². The van der Waals surface area contributed by atoms with E-state index in [4.69, 9.17) is 0 Å². The van der Waals surface area contributed by atoms with E-state index in [-0.39, 0.29) is 16.3 Å². The van der Waals surface area contributed by atoms with Crippen molar-refractivity contribution in [2.24, 2.45) is 0 Å². The fourth-order valence-corrected chi connectivity index (χ4v) is 3.64. The highest BCUT2D eigenvalue weighted by Crippen LogP contribution is 2.13. The zero-order chi connectivity index (χ0) is 21.8. The van der Waals surface area contributed by atoms with Crippen LogP contribution in [0.4, 0.5) is 5.69 Å². The minimum atomic E-state index is -3.81. The van der Waals surface area contributed by atoms with Crippen molar-refractivity contribution in [2.45, 2.75) is 51.1 Å². The van der Waals surface area contributed by atoms with Crippen LogP contribution in [0.15, 0.2) is 53.4 Å². The molecule has 8 heteroatoms. The fraction of sp³-hybridized carbons (Fsp3) is 0.333. The van der Waals surface area contributed by atoms with Crippen molar-refractivity contribution in [2.75, 3.05) is 5.32 Å². The topological polar surface area (TPSA) is 104 Å². The molecule has 0 aromatic heterocycles. The number of hydrogen-bond donors (Lipinski definition) is 3. The van der Waals surface area contributed by atoms with Crippen molar-refractivity contribution in [3.63, 3.8) is 0 Å². The second-order valence-corrected chi connectivity index (χ2v) is 9.64. The van der Waals surface area contributed by atoms with E-state index in [1.54, 1.807) is 36.4 Å². The van der Waals surface area contributed by atoms with Gasteiger partial charge in [0.2, 0.25) is 15.9 Å². The molecule has 1 atom stereocenters. The van der Waals surface area contributed by atoms with Gasteiger partial charge >= 0.3 is 0 Å². The largest absolute Gasteiger partial charge is 0.347 e. The molecule has 0 spiro atoms. The standard InChI is InChI=1S/C21H27N3O4S/c1-14-6-12-18(13-7-14)29(27,28)24-15(2)19(25)22-17-10-8-16(9-11-17)20(26)23-21(3,4)5/h6-13,15,24H,1-5H3,(H,22,25)(H,23,26)/t15-/m0/s1. The molecule has 0 aliphatic carbocycles. The van der Waals surface area contributed by atoms with Crippen LogP contribution in [0.1, 0.15) is 43.6 Å². The number of benzene rings is 2. The highest BCUT2D eigenvalue weighted by Gasteiger charge is 2.22. The summed E-state index contributed by atoms with van der Waals surface area (Å²) in [6.45, 7) is 8.99. The molecule has 0 saturated carbocycles. The Balaban J connectivity index is 2.00. The summed E-state index contributed by atoms with van der Waals surface area (Å²) in [5, 5.41) is 5.50. The van der Waals surface area contributed by atoms with Crippen molar-refractivity contribution in [3.8, 4) is 0 Å². The van der Waals surface area contributed by atoms with Crippen LogP contribution in [0.3, 0.4) is 0 Å². The highest BCUT2D eigenvalue weighted by atomic mass is 32.2. The first-order chi connectivity index (χ1) is 13.4. The number of nitrogens with one attached hydrogen (secondary N) is 3. The van der Waals surface area contributed by atoms with Gasteiger partial charge in [0.05, 0.1) is 10.9 Å². The molecule has 0 heterocycles. The Morgan fingerprint density at radius 2 is 1.48 bits per heavy atom. The molecule has 2 amide bonds. The smallest absolute Gasteiger partial charge is 0.251 e. The number of sulfonamides is 1. The van der Waals surface area contributed by atoms with Crippen LogP contribution in [0.5, 0.6) is 0 Å². The lowest BCUT2D eigenvalue weighted by Crippen LogP contribution is -2.41. The van der Waals surface area contributed by atoms with Gasteiger partial charge in [0, 0.05) is 16.8 Å². The van der Waals surface area contributed by atoms with E-state index >= 15 is 0 Å². The zero-order valence-electron chi connectivity index (χ0n) is 17.2. The Labute approximate surface area is 172 Å². The summed E-state index contributed by atoms with van der Waals surface area (Å²) in [6, 6.07) is 11.8. The van der Waals surface area contributed by atoms with Crippen molar-refractivity contribution >= 4 is 27.5 Å². The van der Waals surface area contributed by atoms with Crippen LogP contribution >= 0.6 is 0 Å². The maximum absolute atomic E-state index is 12.4. The molecule has 2 rings (SSSR count). The summed E-state index contributed by atoms with van der Waals surface area (Å²) in [6.07, 6.45) is 0. The van der Waals surface area contributed by atoms with Gasteiger partial charge in [0.25, 0.3) is 5.91 Å². The van der Waals surface area contributed by atoms with Crippen LogP contribution in [-0.2, 0) is 14.8 Å². The number of rotatable bonds is 6. The van der Waals surface area contributed by atoms with Gasteiger partial charge in [0.15, 0.2) is 0 Å². The number of anilines is 1. The first kappa shape index (κ1) is 22.6. The van der Waals surface area contributed by atoms with Crippen LogP contribution < -0.4 is 15.4 Å². The third kappa shape index (κ3) is 6.69. The fourth-order valence-electron chi connectivity index (χ4n) is 2.44. The second-order valence-electron chi connectivity index (χ2n) is 7.93. The van der Waals surface area contributed by atoms with Crippen LogP contribution in [0.25, 0.3) is 0 Å². The molecule has 0 bridgehead atoms. The van der Waals surface area contributed by atoms with Gasteiger partial charge in [-0.15, -0.1) is 0 Å². The number of hydrogen-bond acceptors (Lipinski definition) is 4. The first-order valence-corrected chi connectivity index (χ1v) is 10.7. The molecule has 7 nitrogen and oxygen atoms in total. The lowest BCUT2D eigenvalue weighted by molar-refractivity contribution is -0.117. The minimum Gasteiger partial charge on any atom is -0.347 e. The molecule has 2 aromatic rings. The predicted molar refractivity (Wildman–Crippen MR) is 113 cm³/mol. The maximum Gasteiger partial charge on any atom is 0.251 e. The van der Waals surface area contributed by atoms with Crippen molar-refractivity contribution in [1.82, 2.24) is 10.0 Å². The number of amides is 2.